The number of amides is 1. The lowest BCUT2D eigenvalue weighted by atomic mass is 10.2. The minimum atomic E-state index is -0.171. The van der Waals surface area contributed by atoms with E-state index in [1.807, 2.05) is 53.9 Å². The van der Waals surface area contributed by atoms with Crippen molar-refractivity contribution in [1.29, 1.82) is 0 Å². The first-order chi connectivity index (χ1) is 13.2. The molecule has 0 spiro atoms. The maximum atomic E-state index is 12.0. The van der Waals surface area contributed by atoms with Crippen molar-refractivity contribution >= 4 is 29.4 Å². The van der Waals surface area contributed by atoms with E-state index in [-0.39, 0.29) is 12.5 Å². The number of rotatable bonds is 8. The molecule has 1 saturated heterocycles. The largest absolute Gasteiger partial charge is 0.493 e. The van der Waals surface area contributed by atoms with E-state index in [2.05, 4.69) is 17.4 Å². The summed E-state index contributed by atoms with van der Waals surface area (Å²) in [6, 6.07) is 13.6. The van der Waals surface area contributed by atoms with E-state index in [4.69, 9.17) is 14.2 Å². The second-order valence-electron chi connectivity index (χ2n) is 5.90. The van der Waals surface area contributed by atoms with Crippen molar-refractivity contribution in [2.75, 3.05) is 32.3 Å². The second kappa shape index (κ2) is 9.80. The van der Waals surface area contributed by atoms with Crippen molar-refractivity contribution in [2.24, 2.45) is 0 Å². The molecule has 5 nitrogen and oxygen atoms in total. The Morgan fingerprint density at radius 2 is 1.74 bits per heavy atom. The summed E-state index contributed by atoms with van der Waals surface area (Å²) in [6.45, 7) is 0.386. The molecule has 1 N–H and O–H groups in total. The van der Waals surface area contributed by atoms with Gasteiger partial charge in [-0.1, -0.05) is 18.2 Å². The lowest BCUT2D eigenvalue weighted by molar-refractivity contribution is -0.123. The molecule has 1 fully saturated rings. The number of thioether (sulfide) groups is 2. The van der Waals surface area contributed by atoms with Crippen molar-refractivity contribution in [3.05, 3.63) is 53.6 Å². The monoisotopic (exact) mass is 405 g/mol. The number of carbonyl (C=O) groups excluding carboxylic acids is 1. The maximum Gasteiger partial charge on any atom is 0.258 e. The molecule has 1 heterocycles. The van der Waals surface area contributed by atoms with E-state index < -0.39 is 0 Å². The molecule has 0 saturated carbocycles. The van der Waals surface area contributed by atoms with Crippen LogP contribution in [0.5, 0.6) is 17.2 Å². The lowest BCUT2D eigenvalue weighted by Gasteiger charge is -2.12. The number of benzene rings is 2. The van der Waals surface area contributed by atoms with Crippen LogP contribution in [0.15, 0.2) is 42.5 Å². The van der Waals surface area contributed by atoms with Gasteiger partial charge in [0.05, 0.1) is 18.8 Å². The Bertz CT molecular complexity index is 761. The zero-order valence-electron chi connectivity index (χ0n) is 15.4. The van der Waals surface area contributed by atoms with Gasteiger partial charge in [-0.2, -0.15) is 0 Å². The molecule has 27 heavy (non-hydrogen) atoms. The van der Waals surface area contributed by atoms with Crippen molar-refractivity contribution in [3.8, 4) is 17.2 Å². The molecule has 1 aliphatic heterocycles. The van der Waals surface area contributed by atoms with Gasteiger partial charge >= 0.3 is 0 Å². The Morgan fingerprint density at radius 3 is 2.41 bits per heavy atom. The highest BCUT2D eigenvalue weighted by atomic mass is 32.2. The number of ether oxygens (including phenoxy) is 3. The zero-order valence-corrected chi connectivity index (χ0v) is 17.0. The molecule has 0 unspecified atom stereocenters. The van der Waals surface area contributed by atoms with Crippen LogP contribution in [0.4, 0.5) is 0 Å². The number of hydrogen-bond donors (Lipinski definition) is 1. The van der Waals surface area contributed by atoms with E-state index in [9.17, 15) is 4.79 Å². The van der Waals surface area contributed by atoms with Gasteiger partial charge in [-0.15, -0.1) is 23.5 Å². The molecule has 0 aromatic heterocycles. The number of nitrogens with one attached hydrogen (secondary N) is 1. The number of hydrogen-bond acceptors (Lipinski definition) is 6. The van der Waals surface area contributed by atoms with E-state index >= 15 is 0 Å². The van der Waals surface area contributed by atoms with Gasteiger partial charge in [0.1, 0.15) is 5.75 Å². The highest BCUT2D eigenvalue weighted by Crippen LogP contribution is 2.45. The third-order valence-corrected chi connectivity index (χ3v) is 7.19. The first kappa shape index (κ1) is 19.8. The summed E-state index contributed by atoms with van der Waals surface area (Å²) < 4.78 is 16.6. The van der Waals surface area contributed by atoms with Gasteiger partial charge in [0.2, 0.25) is 0 Å². The van der Waals surface area contributed by atoms with Crippen molar-refractivity contribution in [2.45, 2.75) is 11.1 Å². The van der Waals surface area contributed by atoms with Crippen LogP contribution < -0.4 is 19.5 Å². The Morgan fingerprint density at radius 1 is 1.04 bits per heavy atom. The quantitative estimate of drug-likeness (QED) is 0.719. The molecular weight excluding hydrogens is 382 g/mol. The summed E-state index contributed by atoms with van der Waals surface area (Å²) in [4.78, 5) is 12.0. The van der Waals surface area contributed by atoms with Gasteiger partial charge in [-0.3, -0.25) is 4.79 Å². The average Bonchev–Trinajstić information content (AvgIpc) is 3.25. The van der Waals surface area contributed by atoms with Crippen LogP contribution in [-0.2, 0) is 11.3 Å². The van der Waals surface area contributed by atoms with E-state index in [1.54, 1.807) is 14.2 Å². The van der Waals surface area contributed by atoms with Crippen LogP contribution in [0, 0.1) is 0 Å². The summed E-state index contributed by atoms with van der Waals surface area (Å²) in [6.07, 6.45) is 0. The third kappa shape index (κ3) is 5.49. The standard InChI is InChI=1S/C20H23NO4S2/c1-23-17-8-3-14(11-18(17)24-2)12-21-19(22)13-25-16-6-4-15(5-7-16)20-26-9-10-27-20/h3-8,11,20H,9-10,12-13H2,1-2H3,(H,21,22). The van der Waals surface area contributed by atoms with Crippen LogP contribution >= 0.6 is 23.5 Å². The SMILES string of the molecule is COc1ccc(CNC(=O)COc2ccc(C3SCCS3)cc2)cc1OC. The molecule has 0 radical (unpaired) electrons. The molecule has 0 atom stereocenters. The summed E-state index contributed by atoms with van der Waals surface area (Å²) >= 11 is 3.94. The molecule has 2 aromatic rings. The molecule has 1 amide bonds. The van der Waals surface area contributed by atoms with Gasteiger partial charge in [-0.25, -0.2) is 0 Å². The van der Waals surface area contributed by atoms with Gasteiger partial charge < -0.3 is 19.5 Å². The minimum absolute atomic E-state index is 0.0143. The van der Waals surface area contributed by atoms with Crippen LogP contribution in [0.25, 0.3) is 0 Å². The van der Waals surface area contributed by atoms with Gasteiger partial charge in [0.25, 0.3) is 5.91 Å². The van der Waals surface area contributed by atoms with E-state index in [1.165, 1.54) is 17.1 Å². The van der Waals surface area contributed by atoms with Crippen LogP contribution in [0.1, 0.15) is 15.7 Å². The fraction of sp³-hybridized carbons (Fsp3) is 0.350. The highest BCUT2D eigenvalue weighted by molar-refractivity contribution is 8.19. The highest BCUT2D eigenvalue weighted by Gasteiger charge is 2.18. The molecule has 0 aliphatic carbocycles. The predicted octanol–water partition coefficient (Wildman–Crippen LogP) is 3.88. The Labute approximate surface area is 168 Å². The smallest absolute Gasteiger partial charge is 0.258 e. The molecular formula is C20H23NO4S2. The third-order valence-electron chi connectivity index (χ3n) is 4.08. The second-order valence-corrected chi connectivity index (χ2v) is 8.62. The summed E-state index contributed by atoms with van der Waals surface area (Å²) in [5.74, 6) is 4.23. The Kier molecular flexibility index (Phi) is 7.18. The maximum absolute atomic E-state index is 12.0. The first-order valence-corrected chi connectivity index (χ1v) is 10.7. The first-order valence-electron chi connectivity index (χ1n) is 8.63. The molecule has 3 rings (SSSR count). The summed E-state index contributed by atoms with van der Waals surface area (Å²) in [7, 11) is 3.18. The van der Waals surface area contributed by atoms with Gasteiger partial charge in [0, 0.05) is 18.1 Å². The summed E-state index contributed by atoms with van der Waals surface area (Å²) in [5, 5.41) is 2.85. The van der Waals surface area contributed by atoms with Crippen molar-refractivity contribution in [3.63, 3.8) is 0 Å². The lowest BCUT2D eigenvalue weighted by Crippen LogP contribution is -2.28. The predicted molar refractivity (Wildman–Crippen MR) is 111 cm³/mol. The molecule has 0 bridgehead atoms. The van der Waals surface area contributed by atoms with Crippen molar-refractivity contribution in [1.82, 2.24) is 5.32 Å². The molecule has 144 valence electrons. The zero-order chi connectivity index (χ0) is 19.1. The number of carbonyl (C=O) groups is 1. The van der Waals surface area contributed by atoms with E-state index in [0.717, 1.165) is 5.56 Å². The fourth-order valence-electron chi connectivity index (χ4n) is 2.66. The van der Waals surface area contributed by atoms with Crippen LogP contribution in [0.2, 0.25) is 0 Å². The topological polar surface area (TPSA) is 56.8 Å². The fourth-order valence-corrected chi connectivity index (χ4v) is 5.52. The average molecular weight is 406 g/mol. The van der Waals surface area contributed by atoms with Crippen molar-refractivity contribution < 1.29 is 19.0 Å². The molecule has 2 aromatic carbocycles. The normalized spacial score (nSPS) is 14.0. The minimum Gasteiger partial charge on any atom is -0.493 e. The Hall–Kier alpha value is -1.99. The van der Waals surface area contributed by atoms with Gasteiger partial charge in [-0.05, 0) is 35.4 Å². The van der Waals surface area contributed by atoms with E-state index in [0.29, 0.717) is 28.4 Å². The Balaban J connectivity index is 1.45. The van der Waals surface area contributed by atoms with Gasteiger partial charge in [0.15, 0.2) is 18.1 Å². The molecule has 7 heteroatoms. The van der Waals surface area contributed by atoms with Crippen LogP contribution in [0.3, 0.4) is 0 Å². The molecule has 1 aliphatic rings. The number of methoxy groups -OCH3 is 2. The van der Waals surface area contributed by atoms with Crippen LogP contribution in [-0.4, -0.2) is 38.2 Å². The summed E-state index contributed by atoms with van der Waals surface area (Å²) in [5.41, 5.74) is 2.23.